The fraction of sp³-hybridized carbons (Fsp3) is 0.659. The van der Waals surface area contributed by atoms with E-state index in [1.807, 2.05) is 6.92 Å². The summed E-state index contributed by atoms with van der Waals surface area (Å²) in [6.07, 6.45) is 4.00. The van der Waals surface area contributed by atoms with Crippen molar-refractivity contribution in [2.24, 2.45) is 34.5 Å². The van der Waals surface area contributed by atoms with E-state index in [4.69, 9.17) is 9.47 Å². The van der Waals surface area contributed by atoms with Gasteiger partial charge in [0.05, 0.1) is 19.1 Å². The highest BCUT2D eigenvalue weighted by atomic mass is 16.5. The van der Waals surface area contributed by atoms with Crippen molar-refractivity contribution in [1.29, 1.82) is 0 Å². The number of hydrogen-bond donors (Lipinski definition) is 5. The first kappa shape index (κ1) is 41.1. The van der Waals surface area contributed by atoms with Crippen molar-refractivity contribution < 1.29 is 53.6 Å². The number of fused-ring (bicyclic) bond motifs is 5. The Hall–Kier alpha value is -4.10. The van der Waals surface area contributed by atoms with Crippen molar-refractivity contribution in [3.8, 4) is 5.75 Å². The Morgan fingerprint density at radius 3 is 2.33 bits per heavy atom. The Labute approximate surface area is 316 Å². The van der Waals surface area contributed by atoms with Crippen LogP contribution in [-0.2, 0) is 44.7 Å². The lowest BCUT2D eigenvalue weighted by Gasteiger charge is -2.60. The van der Waals surface area contributed by atoms with E-state index in [2.05, 4.69) is 17.6 Å². The van der Waals surface area contributed by atoms with Gasteiger partial charge in [-0.25, -0.2) is 4.79 Å². The average Bonchev–Trinajstić information content (AvgIpc) is 3.39. The molecule has 54 heavy (non-hydrogen) atoms. The molecule has 13 nitrogen and oxygen atoms in total. The highest BCUT2D eigenvalue weighted by Crippen LogP contribution is 2.67. The summed E-state index contributed by atoms with van der Waals surface area (Å²) in [5, 5.41) is 38.5. The maximum Gasteiger partial charge on any atom is 0.328 e. The lowest BCUT2D eigenvalue weighted by Crippen LogP contribution is -2.62. The average molecular weight is 753 g/mol. The predicted octanol–water partition coefficient (Wildman–Crippen LogP) is 3.25. The van der Waals surface area contributed by atoms with Gasteiger partial charge in [-0.05, 0) is 98.3 Å². The molecule has 13 heteroatoms. The standard InChI is InChI=1S/C41H56N2O11/c1-6-53-38(51)30(19-24-7-10-26(44)11-8-24)42-37(50)36(23(2)3)43-33(48)13-14-34(49)54-22-32(47)41(52)18-16-29-28-12-9-25-20-27(45)15-17-39(25,4)35(28)31(46)21-40(29,41)5/h7-8,10-11,20,23,28-31,35-36,44,46,52H,6,9,12-19,21-22H2,1-5H3,(H,42,50)(H,43,48)/t28-,29-,30+,31-,35+,36-,39-,40-,41-/m0/s1. The molecule has 0 aliphatic heterocycles. The van der Waals surface area contributed by atoms with Gasteiger partial charge in [0.1, 0.15) is 23.4 Å². The van der Waals surface area contributed by atoms with Gasteiger partial charge in [0.25, 0.3) is 0 Å². The summed E-state index contributed by atoms with van der Waals surface area (Å²) < 4.78 is 10.4. The van der Waals surface area contributed by atoms with Crippen LogP contribution in [0.25, 0.3) is 0 Å². The molecule has 0 bridgehead atoms. The molecule has 0 spiro atoms. The first-order valence-electron chi connectivity index (χ1n) is 19.3. The summed E-state index contributed by atoms with van der Waals surface area (Å²) in [4.78, 5) is 77.5. The topological polar surface area (TPSA) is 206 Å². The molecular formula is C41H56N2O11. The first-order valence-corrected chi connectivity index (χ1v) is 19.3. The molecule has 1 aromatic rings. The molecule has 9 atom stereocenters. The highest BCUT2D eigenvalue weighted by molar-refractivity contribution is 5.93. The van der Waals surface area contributed by atoms with Gasteiger partial charge in [-0.1, -0.05) is 45.4 Å². The third-order valence-electron chi connectivity index (χ3n) is 13.0. The van der Waals surface area contributed by atoms with E-state index in [1.165, 1.54) is 12.1 Å². The maximum atomic E-state index is 13.6. The molecule has 0 unspecified atom stereocenters. The zero-order chi connectivity index (χ0) is 39.6. The molecule has 1 aromatic carbocycles. The van der Waals surface area contributed by atoms with Crippen LogP contribution in [0.5, 0.6) is 5.75 Å². The molecule has 3 saturated carbocycles. The molecule has 5 N–H and O–H groups in total. The summed E-state index contributed by atoms with van der Waals surface area (Å²) >= 11 is 0. The largest absolute Gasteiger partial charge is 0.508 e. The minimum atomic E-state index is -1.80. The van der Waals surface area contributed by atoms with E-state index < -0.39 is 65.3 Å². The normalized spacial score (nSPS) is 31.2. The molecule has 4 aliphatic rings. The number of aliphatic hydroxyl groups excluding tert-OH is 1. The Morgan fingerprint density at radius 1 is 0.963 bits per heavy atom. The van der Waals surface area contributed by atoms with Gasteiger partial charge < -0.3 is 35.4 Å². The van der Waals surface area contributed by atoms with Crippen molar-refractivity contribution >= 4 is 35.3 Å². The number of esters is 2. The number of phenols is 1. The van der Waals surface area contributed by atoms with Crippen molar-refractivity contribution in [2.75, 3.05) is 13.2 Å². The number of aliphatic hydroxyl groups is 2. The molecule has 0 radical (unpaired) electrons. The molecule has 5 rings (SSSR count). The van der Waals surface area contributed by atoms with Crippen LogP contribution in [0.15, 0.2) is 35.9 Å². The van der Waals surface area contributed by atoms with Crippen LogP contribution in [0.4, 0.5) is 0 Å². The molecule has 2 amide bonds. The highest BCUT2D eigenvalue weighted by Gasteiger charge is 2.68. The maximum absolute atomic E-state index is 13.6. The Bertz CT molecular complexity index is 1660. The lowest BCUT2D eigenvalue weighted by molar-refractivity contribution is -0.184. The Morgan fingerprint density at radius 2 is 1.67 bits per heavy atom. The Balaban J connectivity index is 1.14. The van der Waals surface area contributed by atoms with Crippen LogP contribution in [0, 0.1) is 34.5 Å². The minimum Gasteiger partial charge on any atom is -0.508 e. The van der Waals surface area contributed by atoms with Crippen LogP contribution in [0.2, 0.25) is 0 Å². The first-order chi connectivity index (χ1) is 25.4. The number of carbonyl (C=O) groups excluding carboxylic acids is 6. The van der Waals surface area contributed by atoms with Gasteiger partial charge in [0.2, 0.25) is 17.6 Å². The molecule has 296 valence electrons. The lowest BCUT2D eigenvalue weighted by atomic mass is 9.45. The number of Topliss-reactive ketones (excluding diaryl/α,β-unsaturated/α-hetero) is 1. The number of rotatable bonds is 14. The molecule has 0 aromatic heterocycles. The summed E-state index contributed by atoms with van der Waals surface area (Å²) in [6, 6.07) is 4.06. The molecule has 0 saturated heterocycles. The van der Waals surface area contributed by atoms with E-state index in [1.54, 1.807) is 39.0 Å². The van der Waals surface area contributed by atoms with Gasteiger partial charge in [0.15, 0.2) is 12.4 Å². The van der Waals surface area contributed by atoms with Crippen molar-refractivity contribution in [3.05, 3.63) is 41.5 Å². The second kappa shape index (κ2) is 16.3. The fourth-order valence-electron chi connectivity index (χ4n) is 10.0. The zero-order valence-electron chi connectivity index (χ0n) is 32.0. The number of ketones is 2. The number of ether oxygens (including phenoxy) is 2. The van der Waals surface area contributed by atoms with E-state index in [9.17, 15) is 44.1 Å². The number of hydrogen-bond acceptors (Lipinski definition) is 11. The van der Waals surface area contributed by atoms with Gasteiger partial charge in [-0.15, -0.1) is 0 Å². The molecule has 3 fully saturated rings. The van der Waals surface area contributed by atoms with Crippen LogP contribution in [0.3, 0.4) is 0 Å². The van der Waals surface area contributed by atoms with Crippen molar-refractivity contribution in [1.82, 2.24) is 10.6 Å². The monoisotopic (exact) mass is 752 g/mol. The van der Waals surface area contributed by atoms with Crippen LogP contribution in [-0.4, -0.2) is 87.6 Å². The van der Waals surface area contributed by atoms with Gasteiger partial charge in [-0.2, -0.15) is 0 Å². The number of nitrogens with one attached hydrogen (secondary N) is 2. The summed E-state index contributed by atoms with van der Waals surface area (Å²) in [6.45, 7) is 8.49. The van der Waals surface area contributed by atoms with Crippen molar-refractivity contribution in [2.45, 2.75) is 123 Å². The second-order valence-electron chi connectivity index (χ2n) is 16.5. The second-order valence-corrected chi connectivity index (χ2v) is 16.5. The summed E-state index contributed by atoms with van der Waals surface area (Å²) in [5.41, 5.74) is -1.27. The zero-order valence-corrected chi connectivity index (χ0v) is 32.0. The van der Waals surface area contributed by atoms with Gasteiger partial charge in [-0.3, -0.25) is 24.0 Å². The summed E-state index contributed by atoms with van der Waals surface area (Å²) in [5.74, 6) is -3.58. The predicted molar refractivity (Wildman–Crippen MR) is 195 cm³/mol. The van der Waals surface area contributed by atoms with Crippen LogP contribution in [0.1, 0.15) is 98.0 Å². The Kier molecular flexibility index (Phi) is 12.4. The van der Waals surface area contributed by atoms with E-state index in [0.717, 1.165) is 18.4 Å². The quantitative estimate of drug-likeness (QED) is 0.175. The molecule has 4 aliphatic carbocycles. The molecule has 0 heterocycles. The smallest absolute Gasteiger partial charge is 0.328 e. The van der Waals surface area contributed by atoms with E-state index >= 15 is 0 Å². The number of benzene rings is 1. The number of phenolic OH excluding ortho intramolecular Hbond substituents is 1. The third-order valence-corrected chi connectivity index (χ3v) is 13.0. The molecular weight excluding hydrogens is 696 g/mol. The third kappa shape index (κ3) is 8.12. The fourth-order valence-corrected chi connectivity index (χ4v) is 10.0. The van der Waals surface area contributed by atoms with Crippen molar-refractivity contribution in [3.63, 3.8) is 0 Å². The number of carbonyl (C=O) groups is 6. The van der Waals surface area contributed by atoms with Gasteiger partial charge in [0, 0.05) is 24.7 Å². The minimum absolute atomic E-state index is 0.0262. The number of allylic oxidation sites excluding steroid dienone is 1. The number of amides is 2. The number of aromatic hydroxyl groups is 1. The van der Waals surface area contributed by atoms with Crippen LogP contribution < -0.4 is 10.6 Å². The van der Waals surface area contributed by atoms with Gasteiger partial charge >= 0.3 is 11.9 Å². The van der Waals surface area contributed by atoms with Crippen LogP contribution >= 0.6 is 0 Å². The van der Waals surface area contributed by atoms with E-state index in [0.29, 0.717) is 24.8 Å². The summed E-state index contributed by atoms with van der Waals surface area (Å²) in [7, 11) is 0. The van der Waals surface area contributed by atoms with E-state index in [-0.39, 0.29) is 79.3 Å². The SMILES string of the molecule is CCOC(=O)[C@@H](Cc1ccc(O)cc1)NC(=O)[C@@H](NC(=O)CCC(=O)OCC(=O)[C@@]1(O)CC[C@H]2[C@@H]3CCC4=CC(=O)CC[C@]4(C)[C@H]3[C@@H](O)C[C@@]21C)C(C)C.